The van der Waals surface area contributed by atoms with Gasteiger partial charge in [0.15, 0.2) is 0 Å². The van der Waals surface area contributed by atoms with Crippen molar-refractivity contribution in [2.45, 2.75) is 69.0 Å². The molecule has 3 aromatic carbocycles. The van der Waals surface area contributed by atoms with Crippen LogP contribution in [0.1, 0.15) is 51.0 Å². The van der Waals surface area contributed by atoms with Crippen LogP contribution in [0.2, 0.25) is 15.1 Å². The van der Waals surface area contributed by atoms with Crippen LogP contribution < -0.4 is 9.62 Å². The molecule has 1 N–H and O–H groups in total. The van der Waals surface area contributed by atoms with Crippen molar-refractivity contribution in [3.8, 4) is 0 Å². The zero-order valence-corrected chi connectivity index (χ0v) is 26.4. The maximum atomic E-state index is 14.2. The molecule has 0 aromatic heterocycles. The molecule has 7 nitrogen and oxygen atoms in total. The molecule has 0 radical (unpaired) electrons. The number of hydrogen-bond donors (Lipinski definition) is 1. The first-order chi connectivity index (χ1) is 20.1. The van der Waals surface area contributed by atoms with E-state index < -0.39 is 28.5 Å². The Labute approximate surface area is 262 Å². The molecule has 0 spiro atoms. The largest absolute Gasteiger partial charge is 0.352 e. The summed E-state index contributed by atoms with van der Waals surface area (Å²) in [5, 5.41) is 4.19. The molecule has 224 valence electrons. The lowest BCUT2D eigenvalue weighted by Crippen LogP contribution is -2.54. The summed E-state index contributed by atoms with van der Waals surface area (Å²) in [6.07, 6.45) is 5.28. The van der Waals surface area contributed by atoms with Crippen LogP contribution in [0.25, 0.3) is 0 Å². The zero-order valence-electron chi connectivity index (χ0n) is 23.3. The van der Waals surface area contributed by atoms with Crippen LogP contribution in [0.3, 0.4) is 0 Å². The first-order valence-corrected chi connectivity index (χ1v) is 16.5. The van der Waals surface area contributed by atoms with E-state index in [1.807, 2.05) is 6.92 Å². The van der Waals surface area contributed by atoms with Crippen molar-refractivity contribution in [2.75, 3.05) is 10.8 Å². The summed E-state index contributed by atoms with van der Waals surface area (Å²) in [7, 11) is -4.19. The number of sulfonamides is 1. The minimum atomic E-state index is -4.19. The molecule has 42 heavy (non-hydrogen) atoms. The Kier molecular flexibility index (Phi) is 11.2. The Balaban J connectivity index is 1.72. The van der Waals surface area contributed by atoms with E-state index in [1.165, 1.54) is 29.2 Å². The fraction of sp³-hybridized carbons (Fsp3) is 0.355. The maximum absolute atomic E-state index is 14.2. The Bertz CT molecular complexity index is 1460. The number of rotatable bonds is 11. The number of nitrogens with one attached hydrogen (secondary N) is 1. The van der Waals surface area contributed by atoms with Crippen LogP contribution in [-0.4, -0.2) is 43.8 Å². The van der Waals surface area contributed by atoms with Gasteiger partial charge in [0.2, 0.25) is 11.8 Å². The monoisotopic (exact) mass is 649 g/mol. The summed E-state index contributed by atoms with van der Waals surface area (Å²) in [6, 6.07) is 18.3. The molecular formula is C31H34Cl3N3O4S. The van der Waals surface area contributed by atoms with E-state index in [0.29, 0.717) is 32.7 Å². The minimum absolute atomic E-state index is 0.0219. The number of benzene rings is 3. The molecule has 1 saturated carbocycles. The number of hydrogen-bond acceptors (Lipinski definition) is 4. The highest BCUT2D eigenvalue weighted by molar-refractivity contribution is 7.92. The van der Waals surface area contributed by atoms with E-state index in [0.717, 1.165) is 36.4 Å². The second-order valence-corrected chi connectivity index (χ2v) is 13.4. The first kappa shape index (κ1) is 32.1. The predicted octanol–water partition coefficient (Wildman–Crippen LogP) is 7.10. The Morgan fingerprint density at radius 2 is 1.50 bits per heavy atom. The van der Waals surface area contributed by atoms with Gasteiger partial charge in [-0.05, 0) is 67.8 Å². The summed E-state index contributed by atoms with van der Waals surface area (Å²) in [5.74, 6) is -0.856. The smallest absolute Gasteiger partial charge is 0.264 e. The Morgan fingerprint density at radius 3 is 2.10 bits per heavy atom. The van der Waals surface area contributed by atoms with Crippen LogP contribution in [-0.2, 0) is 26.2 Å². The standard InChI is InChI=1S/C31H34Cl3N3O4S/c1-2-29(31(39)35-23-10-5-3-6-11-23)36(20-26-27(33)14-9-15-28(26)34)30(38)21-37(24-12-7-4-8-13-24)42(40,41)25-18-16-22(32)17-19-25/h4,7-9,12-19,23,29H,2-3,5-6,10-11,20-21H2,1H3,(H,35,39)/t29-/m1/s1. The number of amides is 2. The van der Waals surface area contributed by atoms with Gasteiger partial charge < -0.3 is 10.2 Å². The van der Waals surface area contributed by atoms with Gasteiger partial charge in [-0.25, -0.2) is 8.42 Å². The molecule has 0 heterocycles. The van der Waals surface area contributed by atoms with E-state index >= 15 is 0 Å². The lowest BCUT2D eigenvalue weighted by Gasteiger charge is -2.34. The molecule has 1 fully saturated rings. The Hall–Kier alpha value is -2.78. The summed E-state index contributed by atoms with van der Waals surface area (Å²) in [4.78, 5) is 29.2. The lowest BCUT2D eigenvalue weighted by molar-refractivity contribution is -0.140. The third-order valence-electron chi connectivity index (χ3n) is 7.45. The Morgan fingerprint density at radius 1 is 0.881 bits per heavy atom. The predicted molar refractivity (Wildman–Crippen MR) is 169 cm³/mol. The molecule has 0 unspecified atom stereocenters. The average molecular weight is 651 g/mol. The molecule has 2 amide bonds. The second-order valence-electron chi connectivity index (χ2n) is 10.3. The van der Waals surface area contributed by atoms with Crippen LogP contribution in [0.5, 0.6) is 0 Å². The van der Waals surface area contributed by atoms with Crippen molar-refractivity contribution in [3.05, 3.63) is 93.4 Å². The van der Waals surface area contributed by atoms with Gasteiger partial charge in [0.25, 0.3) is 10.0 Å². The number of para-hydroxylation sites is 1. The van der Waals surface area contributed by atoms with Gasteiger partial charge in [-0.2, -0.15) is 0 Å². The molecule has 0 bridgehead atoms. The van der Waals surface area contributed by atoms with Crippen LogP contribution in [0, 0.1) is 0 Å². The number of anilines is 1. The SMILES string of the molecule is CC[C@H](C(=O)NC1CCCCC1)N(Cc1c(Cl)cccc1Cl)C(=O)CN(c1ccccc1)S(=O)(=O)c1ccc(Cl)cc1. The maximum Gasteiger partial charge on any atom is 0.264 e. The van der Waals surface area contributed by atoms with Crippen molar-refractivity contribution in [2.24, 2.45) is 0 Å². The molecule has 3 aromatic rings. The molecule has 11 heteroatoms. The van der Waals surface area contributed by atoms with Crippen molar-refractivity contribution < 1.29 is 18.0 Å². The molecular weight excluding hydrogens is 617 g/mol. The number of carbonyl (C=O) groups is 2. The normalized spacial score (nSPS) is 14.7. The van der Waals surface area contributed by atoms with Gasteiger partial charge in [0.05, 0.1) is 10.6 Å². The fourth-order valence-corrected chi connectivity index (χ4v) is 7.23. The van der Waals surface area contributed by atoms with E-state index in [2.05, 4.69) is 5.32 Å². The summed E-state index contributed by atoms with van der Waals surface area (Å²) < 4.78 is 28.8. The average Bonchev–Trinajstić information content (AvgIpc) is 2.98. The van der Waals surface area contributed by atoms with Crippen molar-refractivity contribution in [3.63, 3.8) is 0 Å². The zero-order chi connectivity index (χ0) is 30.3. The fourth-order valence-electron chi connectivity index (χ4n) is 5.17. The van der Waals surface area contributed by atoms with Crippen molar-refractivity contribution >= 4 is 62.3 Å². The first-order valence-electron chi connectivity index (χ1n) is 14.0. The summed E-state index contributed by atoms with van der Waals surface area (Å²) >= 11 is 19.0. The van der Waals surface area contributed by atoms with Crippen LogP contribution in [0.4, 0.5) is 5.69 Å². The third-order valence-corrected chi connectivity index (χ3v) is 10.2. The minimum Gasteiger partial charge on any atom is -0.352 e. The molecule has 0 aliphatic heterocycles. The quantitative estimate of drug-likeness (QED) is 0.240. The van der Waals surface area contributed by atoms with Crippen molar-refractivity contribution in [1.29, 1.82) is 0 Å². The second kappa shape index (κ2) is 14.6. The van der Waals surface area contributed by atoms with Gasteiger partial charge in [0, 0.05) is 33.2 Å². The van der Waals surface area contributed by atoms with Gasteiger partial charge in [-0.1, -0.05) is 85.3 Å². The van der Waals surface area contributed by atoms with E-state index in [-0.39, 0.29) is 23.4 Å². The molecule has 1 aliphatic carbocycles. The highest BCUT2D eigenvalue weighted by atomic mass is 35.5. The summed E-state index contributed by atoms with van der Waals surface area (Å²) in [6.45, 7) is 1.20. The van der Waals surface area contributed by atoms with Gasteiger partial charge in [-0.3, -0.25) is 13.9 Å². The topological polar surface area (TPSA) is 86.8 Å². The number of nitrogens with zero attached hydrogens (tertiary/aromatic N) is 2. The van der Waals surface area contributed by atoms with Gasteiger partial charge >= 0.3 is 0 Å². The van der Waals surface area contributed by atoms with Crippen molar-refractivity contribution in [1.82, 2.24) is 10.2 Å². The summed E-state index contributed by atoms with van der Waals surface area (Å²) in [5.41, 5.74) is 0.779. The highest BCUT2D eigenvalue weighted by Gasteiger charge is 2.35. The van der Waals surface area contributed by atoms with E-state index in [4.69, 9.17) is 34.8 Å². The lowest BCUT2D eigenvalue weighted by atomic mass is 9.95. The third kappa shape index (κ3) is 7.78. The molecule has 4 rings (SSSR count). The van der Waals surface area contributed by atoms with Crippen LogP contribution >= 0.6 is 34.8 Å². The molecule has 1 aliphatic rings. The van der Waals surface area contributed by atoms with E-state index in [1.54, 1.807) is 48.5 Å². The van der Waals surface area contributed by atoms with Crippen LogP contribution in [0.15, 0.2) is 77.7 Å². The number of halogens is 3. The van der Waals surface area contributed by atoms with E-state index in [9.17, 15) is 18.0 Å². The van der Waals surface area contributed by atoms with Gasteiger partial charge in [0.1, 0.15) is 12.6 Å². The van der Waals surface area contributed by atoms with Gasteiger partial charge in [-0.15, -0.1) is 0 Å². The highest BCUT2D eigenvalue weighted by Crippen LogP contribution is 2.29. The molecule has 0 saturated heterocycles. The molecule has 1 atom stereocenters. The number of carbonyl (C=O) groups excluding carboxylic acids is 2.